The molecule has 0 fully saturated rings. The summed E-state index contributed by atoms with van der Waals surface area (Å²) in [5.41, 5.74) is 1.84. The zero-order valence-corrected chi connectivity index (χ0v) is 18.3. The van der Waals surface area contributed by atoms with Gasteiger partial charge in [-0.2, -0.15) is 0 Å². The van der Waals surface area contributed by atoms with Crippen LogP contribution in [-0.4, -0.2) is 26.6 Å². The second-order valence-corrected chi connectivity index (χ2v) is 9.46. The summed E-state index contributed by atoms with van der Waals surface area (Å²) in [5.74, 6) is 0.816. The highest BCUT2D eigenvalue weighted by molar-refractivity contribution is 7.91. The average molecular weight is 448 g/mol. The first-order valence-corrected chi connectivity index (χ1v) is 11.2. The fourth-order valence-electron chi connectivity index (χ4n) is 2.59. The van der Waals surface area contributed by atoms with Crippen molar-refractivity contribution in [1.82, 2.24) is 9.88 Å². The Kier molecular flexibility index (Phi) is 6.70. The van der Waals surface area contributed by atoms with Gasteiger partial charge in [-0.3, -0.25) is 4.79 Å². The van der Waals surface area contributed by atoms with E-state index in [1.165, 1.54) is 6.92 Å². The maximum Gasteiger partial charge on any atom is 0.250 e. The maximum absolute atomic E-state index is 12.6. The largest absolute Gasteiger partial charge is 0.497 e. The maximum atomic E-state index is 12.6. The van der Waals surface area contributed by atoms with E-state index in [-0.39, 0.29) is 16.7 Å². The Hall–Kier alpha value is -2.95. The number of carbonyl (C=O) groups excluding carboxylic acids is 1. The van der Waals surface area contributed by atoms with Crippen molar-refractivity contribution < 1.29 is 22.5 Å². The van der Waals surface area contributed by atoms with Crippen molar-refractivity contribution >= 4 is 45.1 Å². The number of nitrogens with zero attached hydrogens (tertiary/aromatic N) is 1. The van der Waals surface area contributed by atoms with Crippen molar-refractivity contribution in [3.63, 3.8) is 0 Å². The number of aryl methyl sites for hydroxylation is 1. The number of aromatic nitrogens is 1. The molecule has 1 amide bonds. The van der Waals surface area contributed by atoms with Crippen LogP contribution in [0.4, 0.5) is 5.69 Å². The molecule has 0 spiro atoms. The predicted molar refractivity (Wildman–Crippen MR) is 116 cm³/mol. The van der Waals surface area contributed by atoms with Crippen molar-refractivity contribution in [3.05, 3.63) is 58.3 Å². The van der Waals surface area contributed by atoms with E-state index in [0.717, 1.165) is 16.9 Å². The molecule has 0 saturated carbocycles. The number of thiophene rings is 1. The molecule has 0 aliphatic heterocycles. The van der Waals surface area contributed by atoms with Gasteiger partial charge in [0.25, 0.3) is 0 Å². The number of ether oxygens (including phenoxy) is 1. The highest BCUT2D eigenvalue weighted by Gasteiger charge is 2.17. The lowest BCUT2D eigenvalue weighted by Crippen LogP contribution is -2.22. The molecular formula is C20H21N3O5S2. The zero-order chi connectivity index (χ0) is 21.7. The third-order valence-corrected chi connectivity index (χ3v) is 7.00. The third kappa shape index (κ3) is 5.35. The standard InChI is InChI=1S/C20H21N3O5S2/c1-13-20(22-14(2)24)18(28-23-13)9-7-17-8-10-19(29-17)30(25,26)21-12-15-5-4-6-16(11-15)27-3/h4-11,21H,12H2,1-3H3,(H,22,24)/b9-7+. The van der Waals surface area contributed by atoms with Gasteiger partial charge in [0.1, 0.15) is 21.3 Å². The molecule has 3 rings (SSSR count). The van der Waals surface area contributed by atoms with Crippen LogP contribution in [0.1, 0.15) is 28.8 Å². The molecule has 0 aliphatic carbocycles. The Labute approximate surface area is 178 Å². The molecule has 10 heteroatoms. The fraction of sp³-hybridized carbons (Fsp3) is 0.200. The van der Waals surface area contributed by atoms with Gasteiger partial charge in [-0.15, -0.1) is 11.3 Å². The van der Waals surface area contributed by atoms with Gasteiger partial charge in [-0.1, -0.05) is 17.3 Å². The second kappa shape index (κ2) is 9.24. The van der Waals surface area contributed by atoms with Crippen molar-refractivity contribution in [2.75, 3.05) is 12.4 Å². The van der Waals surface area contributed by atoms with Crippen molar-refractivity contribution in [2.24, 2.45) is 0 Å². The number of rotatable bonds is 8. The second-order valence-electron chi connectivity index (χ2n) is 6.35. The van der Waals surface area contributed by atoms with Crippen LogP contribution >= 0.6 is 11.3 Å². The van der Waals surface area contributed by atoms with E-state index in [4.69, 9.17) is 9.26 Å². The van der Waals surface area contributed by atoms with Crippen LogP contribution in [0.25, 0.3) is 12.2 Å². The lowest BCUT2D eigenvalue weighted by molar-refractivity contribution is -0.114. The monoisotopic (exact) mass is 447 g/mol. The van der Waals surface area contributed by atoms with Crippen LogP contribution < -0.4 is 14.8 Å². The predicted octanol–water partition coefficient (Wildman–Crippen LogP) is 3.66. The molecule has 8 nitrogen and oxygen atoms in total. The highest BCUT2D eigenvalue weighted by Crippen LogP contribution is 2.26. The minimum Gasteiger partial charge on any atom is -0.497 e. The lowest BCUT2D eigenvalue weighted by Gasteiger charge is -2.06. The van der Waals surface area contributed by atoms with Crippen molar-refractivity contribution in [2.45, 2.75) is 24.6 Å². The number of hydrogen-bond acceptors (Lipinski definition) is 7. The van der Waals surface area contributed by atoms with E-state index in [1.54, 1.807) is 56.5 Å². The first kappa shape index (κ1) is 21.8. The number of benzene rings is 1. The van der Waals surface area contributed by atoms with Gasteiger partial charge in [0, 0.05) is 18.3 Å². The molecule has 0 unspecified atom stereocenters. The summed E-state index contributed by atoms with van der Waals surface area (Å²) < 4.78 is 38.3. The van der Waals surface area contributed by atoms with Gasteiger partial charge in [0.2, 0.25) is 15.9 Å². The van der Waals surface area contributed by atoms with Gasteiger partial charge >= 0.3 is 0 Å². The van der Waals surface area contributed by atoms with Crippen LogP contribution in [0.5, 0.6) is 5.75 Å². The minimum absolute atomic E-state index is 0.153. The van der Waals surface area contributed by atoms with Crippen LogP contribution in [0.15, 0.2) is 45.1 Å². The highest BCUT2D eigenvalue weighted by atomic mass is 32.2. The molecule has 0 radical (unpaired) electrons. The molecule has 30 heavy (non-hydrogen) atoms. The van der Waals surface area contributed by atoms with E-state index in [0.29, 0.717) is 27.8 Å². The van der Waals surface area contributed by atoms with Crippen LogP contribution in [0.2, 0.25) is 0 Å². The van der Waals surface area contributed by atoms with Gasteiger partial charge in [0.15, 0.2) is 5.76 Å². The van der Waals surface area contributed by atoms with Crippen LogP contribution in [0.3, 0.4) is 0 Å². The minimum atomic E-state index is -3.66. The van der Waals surface area contributed by atoms with E-state index in [1.807, 2.05) is 6.07 Å². The SMILES string of the molecule is COc1cccc(CNS(=O)(=O)c2ccc(/C=C/c3onc(C)c3NC(C)=O)s2)c1. The number of anilines is 1. The molecule has 2 N–H and O–H groups in total. The van der Waals surface area contributed by atoms with E-state index < -0.39 is 10.0 Å². The first-order chi connectivity index (χ1) is 14.3. The number of sulfonamides is 1. The quantitative estimate of drug-likeness (QED) is 0.545. The Morgan fingerprint density at radius 2 is 2.07 bits per heavy atom. The molecule has 0 saturated heterocycles. The Balaban J connectivity index is 1.71. The van der Waals surface area contributed by atoms with Crippen molar-refractivity contribution in [1.29, 1.82) is 0 Å². The first-order valence-electron chi connectivity index (χ1n) is 8.93. The van der Waals surface area contributed by atoms with Gasteiger partial charge in [0.05, 0.1) is 7.11 Å². The fourth-order valence-corrected chi connectivity index (χ4v) is 4.88. The summed E-state index contributed by atoms with van der Waals surface area (Å²) in [6.07, 6.45) is 3.34. The summed E-state index contributed by atoms with van der Waals surface area (Å²) in [6.45, 7) is 3.27. The Morgan fingerprint density at radius 3 is 2.80 bits per heavy atom. The smallest absolute Gasteiger partial charge is 0.250 e. The van der Waals surface area contributed by atoms with Crippen LogP contribution in [-0.2, 0) is 21.4 Å². The zero-order valence-electron chi connectivity index (χ0n) is 16.6. The number of nitrogens with one attached hydrogen (secondary N) is 2. The summed E-state index contributed by atoms with van der Waals surface area (Å²) in [4.78, 5) is 12.0. The van der Waals surface area contributed by atoms with Gasteiger partial charge < -0.3 is 14.6 Å². The molecule has 158 valence electrons. The molecule has 2 aromatic heterocycles. The molecule has 1 aromatic carbocycles. The third-order valence-electron chi connectivity index (χ3n) is 4.06. The summed E-state index contributed by atoms with van der Waals surface area (Å²) in [7, 11) is -2.10. The average Bonchev–Trinajstić information content (AvgIpc) is 3.33. The number of amides is 1. The normalized spacial score (nSPS) is 11.7. The lowest BCUT2D eigenvalue weighted by atomic mass is 10.2. The summed E-state index contributed by atoms with van der Waals surface area (Å²) in [6, 6.07) is 10.4. The van der Waals surface area contributed by atoms with E-state index in [2.05, 4.69) is 15.2 Å². The molecular weight excluding hydrogens is 426 g/mol. The summed E-state index contributed by atoms with van der Waals surface area (Å²) >= 11 is 1.12. The Morgan fingerprint density at radius 1 is 1.27 bits per heavy atom. The van der Waals surface area contributed by atoms with Gasteiger partial charge in [-0.05, 0) is 48.9 Å². The molecule has 2 heterocycles. The molecule has 0 aliphatic rings. The molecule has 0 bridgehead atoms. The number of carbonyl (C=O) groups is 1. The topological polar surface area (TPSA) is 111 Å². The van der Waals surface area contributed by atoms with Crippen molar-refractivity contribution in [3.8, 4) is 5.75 Å². The molecule has 3 aromatic rings. The van der Waals surface area contributed by atoms with Crippen LogP contribution in [0, 0.1) is 6.92 Å². The van der Waals surface area contributed by atoms with Gasteiger partial charge in [-0.25, -0.2) is 13.1 Å². The van der Waals surface area contributed by atoms with E-state index in [9.17, 15) is 13.2 Å². The number of methoxy groups -OCH3 is 1. The Bertz CT molecular complexity index is 1180. The molecule has 0 atom stereocenters. The summed E-state index contributed by atoms with van der Waals surface area (Å²) in [5, 5.41) is 6.51. The number of hydrogen-bond donors (Lipinski definition) is 2. The van der Waals surface area contributed by atoms with E-state index >= 15 is 0 Å².